The highest BCUT2D eigenvalue weighted by Gasteiger charge is 2.09. The number of benzene rings is 1. The van der Waals surface area contributed by atoms with E-state index < -0.39 is 5.91 Å². The molecular formula is C17H22N4O4. The predicted molar refractivity (Wildman–Crippen MR) is 91.1 cm³/mol. The first-order valence-corrected chi connectivity index (χ1v) is 7.92. The number of hydrogen-bond donors (Lipinski definition) is 2. The lowest BCUT2D eigenvalue weighted by atomic mass is 10.3. The van der Waals surface area contributed by atoms with Crippen LogP contribution in [-0.2, 0) is 16.1 Å². The van der Waals surface area contributed by atoms with Gasteiger partial charge in [-0.05, 0) is 51.1 Å². The van der Waals surface area contributed by atoms with E-state index in [0.29, 0.717) is 12.4 Å². The number of rotatable bonds is 7. The summed E-state index contributed by atoms with van der Waals surface area (Å²) in [4.78, 5) is 23.5. The van der Waals surface area contributed by atoms with Crippen molar-refractivity contribution in [1.82, 2.24) is 20.6 Å². The zero-order valence-electron chi connectivity index (χ0n) is 14.5. The van der Waals surface area contributed by atoms with E-state index in [1.165, 1.54) is 0 Å². The van der Waals surface area contributed by atoms with Gasteiger partial charge < -0.3 is 9.47 Å². The van der Waals surface area contributed by atoms with E-state index in [0.717, 1.165) is 17.1 Å². The van der Waals surface area contributed by atoms with E-state index in [-0.39, 0.29) is 19.1 Å². The van der Waals surface area contributed by atoms with Gasteiger partial charge >= 0.3 is 0 Å². The second kappa shape index (κ2) is 8.72. The van der Waals surface area contributed by atoms with Gasteiger partial charge in [-0.1, -0.05) is 0 Å². The highest BCUT2D eigenvalue weighted by molar-refractivity contribution is 5.82. The molecule has 1 aromatic heterocycles. The maximum Gasteiger partial charge on any atom is 0.276 e. The highest BCUT2D eigenvalue weighted by Crippen LogP contribution is 2.17. The Morgan fingerprint density at radius 1 is 1.04 bits per heavy atom. The van der Waals surface area contributed by atoms with Gasteiger partial charge in [-0.2, -0.15) is 5.10 Å². The van der Waals surface area contributed by atoms with Crippen LogP contribution >= 0.6 is 0 Å². The van der Waals surface area contributed by atoms with Crippen LogP contribution in [0.5, 0.6) is 11.5 Å². The SMILES string of the molecule is CCOc1ccc(OCC(=O)NNC(=O)Cn2nc(C)cc2C)cc1. The zero-order valence-corrected chi connectivity index (χ0v) is 14.5. The third-order valence-electron chi connectivity index (χ3n) is 3.24. The first kappa shape index (κ1) is 18.3. The van der Waals surface area contributed by atoms with Crippen LogP contribution in [0, 0.1) is 13.8 Å². The van der Waals surface area contributed by atoms with Crippen LogP contribution in [0.3, 0.4) is 0 Å². The molecule has 0 bridgehead atoms. The lowest BCUT2D eigenvalue weighted by Gasteiger charge is -2.10. The summed E-state index contributed by atoms with van der Waals surface area (Å²) in [6.45, 7) is 6.00. The quantitative estimate of drug-likeness (QED) is 0.733. The minimum absolute atomic E-state index is 0.0275. The molecule has 8 heteroatoms. The summed E-state index contributed by atoms with van der Waals surface area (Å²) in [7, 11) is 0. The van der Waals surface area contributed by atoms with Crippen molar-refractivity contribution >= 4 is 11.8 Å². The Bertz CT molecular complexity index is 725. The number of hydrazine groups is 1. The molecule has 2 amide bonds. The van der Waals surface area contributed by atoms with E-state index in [9.17, 15) is 9.59 Å². The number of aryl methyl sites for hydroxylation is 2. The fourth-order valence-electron chi connectivity index (χ4n) is 2.13. The molecule has 0 saturated heterocycles. The van der Waals surface area contributed by atoms with Crippen molar-refractivity contribution in [2.75, 3.05) is 13.2 Å². The number of amides is 2. The molecule has 0 aliphatic heterocycles. The molecule has 0 spiro atoms. The van der Waals surface area contributed by atoms with Crippen molar-refractivity contribution in [2.45, 2.75) is 27.3 Å². The summed E-state index contributed by atoms with van der Waals surface area (Å²) >= 11 is 0. The minimum atomic E-state index is -0.462. The average Bonchev–Trinajstić information content (AvgIpc) is 2.90. The summed E-state index contributed by atoms with van der Waals surface area (Å²) in [5, 5.41) is 4.18. The molecular weight excluding hydrogens is 324 g/mol. The molecule has 0 atom stereocenters. The van der Waals surface area contributed by atoms with Crippen molar-refractivity contribution in [3.05, 3.63) is 41.7 Å². The van der Waals surface area contributed by atoms with Crippen molar-refractivity contribution in [3.63, 3.8) is 0 Å². The van der Waals surface area contributed by atoms with E-state index >= 15 is 0 Å². The van der Waals surface area contributed by atoms with Crippen molar-refractivity contribution in [1.29, 1.82) is 0 Å². The average molecular weight is 346 g/mol. The summed E-state index contributed by atoms with van der Waals surface area (Å²) in [5.41, 5.74) is 6.34. The van der Waals surface area contributed by atoms with Gasteiger partial charge in [0.05, 0.1) is 12.3 Å². The third-order valence-corrected chi connectivity index (χ3v) is 3.24. The molecule has 8 nitrogen and oxygen atoms in total. The van der Waals surface area contributed by atoms with Crippen LogP contribution in [0.15, 0.2) is 30.3 Å². The van der Waals surface area contributed by atoms with Crippen molar-refractivity contribution in [2.24, 2.45) is 0 Å². The van der Waals surface area contributed by atoms with Gasteiger partial charge in [-0.15, -0.1) is 0 Å². The molecule has 25 heavy (non-hydrogen) atoms. The molecule has 0 aliphatic carbocycles. The summed E-state index contributed by atoms with van der Waals surface area (Å²) < 4.78 is 12.2. The van der Waals surface area contributed by atoms with E-state index in [1.54, 1.807) is 28.9 Å². The number of nitrogens with zero attached hydrogens (tertiary/aromatic N) is 2. The summed E-state index contributed by atoms with van der Waals surface area (Å²) in [5.74, 6) is 0.430. The molecule has 0 unspecified atom stereocenters. The summed E-state index contributed by atoms with van der Waals surface area (Å²) in [6, 6.07) is 8.80. The Morgan fingerprint density at radius 3 is 2.20 bits per heavy atom. The van der Waals surface area contributed by atoms with Gasteiger partial charge in [0.1, 0.15) is 18.0 Å². The second-order valence-electron chi connectivity index (χ2n) is 5.37. The Labute approximate surface area is 146 Å². The molecule has 2 N–H and O–H groups in total. The predicted octanol–water partition coefficient (Wildman–Crippen LogP) is 1.13. The van der Waals surface area contributed by atoms with Crippen LogP contribution in [0.25, 0.3) is 0 Å². The lowest BCUT2D eigenvalue weighted by molar-refractivity contribution is -0.130. The lowest BCUT2D eigenvalue weighted by Crippen LogP contribution is -2.45. The fourth-order valence-corrected chi connectivity index (χ4v) is 2.13. The first-order valence-electron chi connectivity index (χ1n) is 7.92. The molecule has 2 aromatic rings. The Morgan fingerprint density at radius 2 is 1.64 bits per heavy atom. The van der Waals surface area contributed by atoms with E-state index in [1.807, 2.05) is 26.8 Å². The number of carbonyl (C=O) groups is 2. The monoisotopic (exact) mass is 346 g/mol. The van der Waals surface area contributed by atoms with E-state index in [4.69, 9.17) is 9.47 Å². The number of carbonyl (C=O) groups excluding carboxylic acids is 2. The van der Waals surface area contributed by atoms with Crippen LogP contribution in [0.2, 0.25) is 0 Å². The smallest absolute Gasteiger partial charge is 0.276 e. The standard InChI is InChI=1S/C17H22N4O4/c1-4-24-14-5-7-15(8-6-14)25-11-17(23)19-18-16(22)10-21-13(3)9-12(2)20-21/h5-9H,4,10-11H2,1-3H3,(H,18,22)(H,19,23). The summed E-state index contributed by atoms with van der Waals surface area (Å²) in [6.07, 6.45) is 0. The number of aromatic nitrogens is 2. The molecule has 1 heterocycles. The van der Waals surface area contributed by atoms with Crippen LogP contribution in [-0.4, -0.2) is 34.8 Å². The van der Waals surface area contributed by atoms with Crippen molar-refractivity contribution < 1.29 is 19.1 Å². The second-order valence-corrected chi connectivity index (χ2v) is 5.37. The number of ether oxygens (including phenoxy) is 2. The third kappa shape index (κ3) is 5.83. The van der Waals surface area contributed by atoms with Crippen LogP contribution in [0.1, 0.15) is 18.3 Å². The molecule has 1 aromatic carbocycles. The fraction of sp³-hybridized carbons (Fsp3) is 0.353. The maximum atomic E-state index is 11.8. The highest BCUT2D eigenvalue weighted by atomic mass is 16.5. The Kier molecular flexibility index (Phi) is 6.39. The molecule has 0 saturated carbocycles. The largest absolute Gasteiger partial charge is 0.494 e. The van der Waals surface area contributed by atoms with Gasteiger partial charge in [0.2, 0.25) is 0 Å². The van der Waals surface area contributed by atoms with Gasteiger partial charge in [0.25, 0.3) is 11.8 Å². The number of hydrogen-bond acceptors (Lipinski definition) is 5. The van der Waals surface area contributed by atoms with Gasteiger partial charge in [-0.25, -0.2) is 0 Å². The zero-order chi connectivity index (χ0) is 18.2. The van der Waals surface area contributed by atoms with Crippen LogP contribution in [0.4, 0.5) is 0 Å². The topological polar surface area (TPSA) is 94.5 Å². The molecule has 134 valence electrons. The minimum Gasteiger partial charge on any atom is -0.494 e. The normalized spacial score (nSPS) is 10.2. The van der Waals surface area contributed by atoms with Crippen LogP contribution < -0.4 is 20.3 Å². The Balaban J connectivity index is 1.71. The molecule has 2 rings (SSSR count). The molecule has 0 fully saturated rings. The number of nitrogens with one attached hydrogen (secondary N) is 2. The Hall–Kier alpha value is -3.03. The van der Waals surface area contributed by atoms with Gasteiger partial charge in [-0.3, -0.25) is 25.1 Å². The van der Waals surface area contributed by atoms with Crippen molar-refractivity contribution in [3.8, 4) is 11.5 Å². The van der Waals surface area contributed by atoms with Gasteiger partial charge in [0.15, 0.2) is 6.61 Å². The molecule has 0 aliphatic rings. The van der Waals surface area contributed by atoms with E-state index in [2.05, 4.69) is 16.0 Å². The molecule has 0 radical (unpaired) electrons. The maximum absolute atomic E-state index is 11.8. The first-order chi connectivity index (χ1) is 12.0. The van der Waals surface area contributed by atoms with Gasteiger partial charge in [0, 0.05) is 5.69 Å².